The van der Waals surface area contributed by atoms with E-state index in [1.807, 2.05) is 0 Å². The number of amidine groups is 1. The Morgan fingerprint density at radius 1 is 1.35 bits per heavy atom. The molecular formula is C13H21N3O. The highest BCUT2D eigenvalue weighted by Crippen LogP contribution is 2.55. The Morgan fingerprint density at radius 3 is 2.59 bits per heavy atom. The van der Waals surface area contributed by atoms with Crippen LogP contribution in [0.25, 0.3) is 0 Å². The zero-order valence-electron chi connectivity index (χ0n) is 10.3. The quantitative estimate of drug-likeness (QED) is 0.569. The largest absolute Gasteiger partial charge is 0.384 e. The van der Waals surface area contributed by atoms with Crippen molar-refractivity contribution in [3.8, 4) is 0 Å². The summed E-state index contributed by atoms with van der Waals surface area (Å²) in [5, 5.41) is 7.55. The van der Waals surface area contributed by atoms with E-state index in [0.29, 0.717) is 11.3 Å². The topological polar surface area (TPSA) is 62.3 Å². The van der Waals surface area contributed by atoms with Gasteiger partial charge in [0.25, 0.3) is 0 Å². The van der Waals surface area contributed by atoms with Gasteiger partial charge in [-0.25, -0.2) is 0 Å². The van der Waals surface area contributed by atoms with Crippen LogP contribution in [0.3, 0.4) is 0 Å². The summed E-state index contributed by atoms with van der Waals surface area (Å²) >= 11 is 0. The van der Waals surface area contributed by atoms with Crippen molar-refractivity contribution in [3.05, 3.63) is 11.1 Å². The number of nitrogens with one attached hydrogen (secondary N) is 1. The third-order valence-electron chi connectivity index (χ3n) is 4.50. The molecule has 4 rings (SSSR count). The molecule has 0 radical (unpaired) electrons. The third-order valence-corrected chi connectivity index (χ3v) is 4.50. The van der Waals surface area contributed by atoms with Crippen molar-refractivity contribution in [2.75, 3.05) is 32.8 Å². The molecule has 0 atom stereocenters. The van der Waals surface area contributed by atoms with Crippen LogP contribution in [-0.4, -0.2) is 43.6 Å². The summed E-state index contributed by atoms with van der Waals surface area (Å²) in [5.41, 5.74) is 8.72. The van der Waals surface area contributed by atoms with Crippen molar-refractivity contribution in [1.29, 1.82) is 5.41 Å². The summed E-state index contributed by atoms with van der Waals surface area (Å²) in [6, 6.07) is 0. The average molecular weight is 235 g/mol. The fourth-order valence-corrected chi connectivity index (χ4v) is 3.56. The third kappa shape index (κ3) is 2.00. The van der Waals surface area contributed by atoms with E-state index >= 15 is 0 Å². The Labute approximate surface area is 102 Å². The minimum absolute atomic E-state index is 0.305. The normalized spacial score (nSPS) is 27.8. The molecule has 4 heteroatoms. The van der Waals surface area contributed by atoms with Crippen LogP contribution >= 0.6 is 0 Å². The van der Waals surface area contributed by atoms with Gasteiger partial charge in [0.05, 0.1) is 13.2 Å². The highest BCUT2D eigenvalue weighted by molar-refractivity contribution is 5.95. The van der Waals surface area contributed by atoms with Gasteiger partial charge in [-0.15, -0.1) is 0 Å². The lowest BCUT2D eigenvalue weighted by molar-refractivity contribution is 0.00162. The zero-order valence-corrected chi connectivity index (χ0v) is 10.3. The van der Waals surface area contributed by atoms with E-state index < -0.39 is 0 Å². The molecule has 17 heavy (non-hydrogen) atoms. The summed E-state index contributed by atoms with van der Waals surface area (Å²) in [7, 11) is 0. The number of hydrogen-bond donors (Lipinski definition) is 2. The second-order valence-corrected chi connectivity index (χ2v) is 5.74. The molecular weight excluding hydrogens is 214 g/mol. The minimum atomic E-state index is 0.305. The molecule has 0 spiro atoms. The molecule has 3 N–H and O–H groups in total. The molecule has 1 aliphatic heterocycles. The van der Waals surface area contributed by atoms with E-state index in [1.54, 1.807) is 0 Å². The van der Waals surface area contributed by atoms with Crippen LogP contribution in [0.4, 0.5) is 0 Å². The highest BCUT2D eigenvalue weighted by atomic mass is 16.5. The first-order valence-electron chi connectivity index (χ1n) is 6.54. The van der Waals surface area contributed by atoms with E-state index in [2.05, 4.69) is 4.90 Å². The van der Waals surface area contributed by atoms with Gasteiger partial charge >= 0.3 is 0 Å². The molecule has 0 aromatic carbocycles. The van der Waals surface area contributed by atoms with Crippen molar-refractivity contribution >= 4 is 5.84 Å². The van der Waals surface area contributed by atoms with Gasteiger partial charge in [-0.3, -0.25) is 10.3 Å². The summed E-state index contributed by atoms with van der Waals surface area (Å²) in [6.45, 7) is 5.15. The molecule has 2 bridgehead atoms. The Kier molecular flexibility index (Phi) is 2.71. The van der Waals surface area contributed by atoms with Gasteiger partial charge in [-0.05, 0) is 36.7 Å². The van der Waals surface area contributed by atoms with Gasteiger partial charge in [0.15, 0.2) is 0 Å². The number of allylic oxidation sites excluding steroid dienone is 1. The number of ether oxygens (including phenoxy) is 1. The van der Waals surface area contributed by atoms with E-state index in [-0.39, 0.29) is 0 Å². The van der Waals surface area contributed by atoms with E-state index in [0.717, 1.165) is 38.3 Å². The van der Waals surface area contributed by atoms with E-state index in [9.17, 15) is 0 Å². The number of nitrogens with two attached hydrogens (primary N) is 1. The van der Waals surface area contributed by atoms with E-state index in [1.165, 1.54) is 31.4 Å². The Morgan fingerprint density at radius 2 is 2.06 bits per heavy atom. The second-order valence-electron chi connectivity index (χ2n) is 5.74. The lowest BCUT2D eigenvalue weighted by atomic mass is 9.57. The SMILES string of the molecule is N=C(N)C1=C2CC(CN3CCOCC3)(CC1)C2. The van der Waals surface area contributed by atoms with Crippen LogP contribution in [0.5, 0.6) is 0 Å². The monoisotopic (exact) mass is 235 g/mol. The predicted octanol–water partition coefficient (Wildman–Crippen LogP) is 1.13. The first-order valence-corrected chi connectivity index (χ1v) is 6.54. The molecule has 0 unspecified atom stereocenters. The van der Waals surface area contributed by atoms with Crippen LogP contribution in [-0.2, 0) is 4.74 Å². The molecule has 1 saturated carbocycles. The van der Waals surface area contributed by atoms with Crippen molar-refractivity contribution in [2.45, 2.75) is 25.7 Å². The van der Waals surface area contributed by atoms with Crippen molar-refractivity contribution in [1.82, 2.24) is 4.90 Å². The van der Waals surface area contributed by atoms with Crippen molar-refractivity contribution in [3.63, 3.8) is 0 Å². The van der Waals surface area contributed by atoms with Gasteiger partial charge in [-0.1, -0.05) is 5.57 Å². The lowest BCUT2D eigenvalue weighted by Gasteiger charge is -2.52. The number of rotatable bonds is 3. The van der Waals surface area contributed by atoms with Crippen LogP contribution in [0.2, 0.25) is 0 Å². The molecule has 94 valence electrons. The molecule has 0 aromatic heterocycles. The summed E-state index contributed by atoms with van der Waals surface area (Å²) in [5.74, 6) is 0.305. The van der Waals surface area contributed by atoms with Crippen LogP contribution in [0.1, 0.15) is 25.7 Å². The van der Waals surface area contributed by atoms with Gasteiger partial charge in [0, 0.05) is 19.6 Å². The Balaban J connectivity index is 1.62. The predicted molar refractivity (Wildman–Crippen MR) is 67.1 cm³/mol. The smallest absolute Gasteiger partial charge is 0.118 e. The highest BCUT2D eigenvalue weighted by Gasteiger charge is 2.46. The number of morpholine rings is 1. The summed E-state index contributed by atoms with van der Waals surface area (Å²) in [4.78, 5) is 2.54. The average Bonchev–Trinajstić information content (AvgIpc) is 2.29. The molecule has 4 aliphatic rings. The number of fused-ring (bicyclic) bond motifs is 2. The molecule has 3 aliphatic carbocycles. The molecule has 0 aromatic rings. The summed E-state index contributed by atoms with van der Waals surface area (Å²) in [6.07, 6.45) is 4.59. The van der Waals surface area contributed by atoms with E-state index in [4.69, 9.17) is 15.9 Å². The minimum Gasteiger partial charge on any atom is -0.384 e. The second kappa shape index (κ2) is 4.10. The maximum atomic E-state index is 7.55. The Bertz CT molecular complexity index is 361. The maximum Gasteiger partial charge on any atom is 0.118 e. The van der Waals surface area contributed by atoms with Crippen LogP contribution in [0, 0.1) is 10.8 Å². The first kappa shape index (κ1) is 11.2. The van der Waals surface area contributed by atoms with Gasteiger partial charge in [-0.2, -0.15) is 0 Å². The molecule has 2 fully saturated rings. The number of hydrogen-bond acceptors (Lipinski definition) is 3. The molecule has 4 nitrogen and oxygen atoms in total. The lowest BCUT2D eigenvalue weighted by Crippen LogP contribution is -2.49. The standard InChI is InChI=1S/C13H21N3O/c14-12(15)11-1-2-13(7-10(11)8-13)9-16-3-5-17-6-4-16/h1-9H2,(H3,14,15). The Hall–Kier alpha value is -0.870. The number of nitrogens with zero attached hydrogens (tertiary/aromatic N) is 1. The zero-order chi connectivity index (χ0) is 11.9. The van der Waals surface area contributed by atoms with Crippen LogP contribution in [0.15, 0.2) is 11.1 Å². The fourth-order valence-electron chi connectivity index (χ4n) is 3.56. The fraction of sp³-hybridized carbons (Fsp3) is 0.769. The molecule has 1 saturated heterocycles. The van der Waals surface area contributed by atoms with Crippen molar-refractivity contribution < 1.29 is 4.74 Å². The molecule has 1 heterocycles. The molecule has 0 amide bonds. The van der Waals surface area contributed by atoms with Gasteiger partial charge in [0.1, 0.15) is 5.84 Å². The van der Waals surface area contributed by atoms with Gasteiger partial charge < -0.3 is 10.5 Å². The maximum absolute atomic E-state index is 7.55. The van der Waals surface area contributed by atoms with Gasteiger partial charge in [0.2, 0.25) is 0 Å². The van der Waals surface area contributed by atoms with Crippen molar-refractivity contribution in [2.24, 2.45) is 11.1 Å². The first-order chi connectivity index (χ1) is 8.19. The van der Waals surface area contributed by atoms with Crippen LogP contribution < -0.4 is 5.73 Å². The summed E-state index contributed by atoms with van der Waals surface area (Å²) < 4.78 is 5.39.